The Morgan fingerprint density at radius 3 is 2.93 bits per heavy atom. The number of hydrogen-bond donors (Lipinski definition) is 2. The molecule has 1 saturated carbocycles. The summed E-state index contributed by atoms with van der Waals surface area (Å²) in [5.41, 5.74) is 0. The summed E-state index contributed by atoms with van der Waals surface area (Å²) in [7, 11) is 0. The van der Waals surface area contributed by atoms with Crippen LogP contribution in [-0.2, 0) is 0 Å². The molecular formula is C10H15N3O. The minimum atomic E-state index is -0.237. The zero-order valence-electron chi connectivity index (χ0n) is 8.06. The van der Waals surface area contributed by atoms with Crippen molar-refractivity contribution in [2.24, 2.45) is 0 Å². The van der Waals surface area contributed by atoms with Gasteiger partial charge in [0, 0.05) is 6.20 Å². The number of nitrogens with one attached hydrogen (secondary N) is 1. The van der Waals surface area contributed by atoms with E-state index in [1.165, 1.54) is 12.7 Å². The summed E-state index contributed by atoms with van der Waals surface area (Å²) < 4.78 is 0. The quantitative estimate of drug-likeness (QED) is 0.740. The van der Waals surface area contributed by atoms with Crippen LogP contribution in [0.15, 0.2) is 18.6 Å². The third-order valence-corrected chi connectivity index (χ3v) is 2.64. The fourth-order valence-corrected chi connectivity index (χ4v) is 1.85. The molecule has 2 atom stereocenters. The first-order valence-corrected chi connectivity index (χ1v) is 5.07. The summed E-state index contributed by atoms with van der Waals surface area (Å²) in [6.45, 7) is 0. The molecule has 0 aliphatic heterocycles. The number of anilines is 1. The van der Waals surface area contributed by atoms with Gasteiger partial charge in [-0.3, -0.25) is 0 Å². The number of aromatic nitrogens is 2. The molecule has 0 bridgehead atoms. The standard InChI is InChI=1S/C10H15N3O/c14-9-4-2-1-3-8(9)13-10-5-6-11-7-12-10/h5-9,14H,1-4H2,(H,11,12,13). The topological polar surface area (TPSA) is 58.0 Å². The summed E-state index contributed by atoms with van der Waals surface area (Å²) in [5, 5.41) is 13.0. The monoisotopic (exact) mass is 193 g/mol. The van der Waals surface area contributed by atoms with Gasteiger partial charge in [0.05, 0.1) is 12.1 Å². The number of nitrogens with zero attached hydrogens (tertiary/aromatic N) is 2. The SMILES string of the molecule is OC1CCCCC1Nc1ccncn1. The van der Waals surface area contributed by atoms with Crippen LogP contribution in [0.1, 0.15) is 25.7 Å². The molecule has 0 aromatic carbocycles. The maximum absolute atomic E-state index is 9.72. The normalized spacial score (nSPS) is 27.2. The summed E-state index contributed by atoms with van der Waals surface area (Å²) in [6.07, 6.45) is 7.19. The molecule has 2 rings (SSSR count). The van der Waals surface area contributed by atoms with Crippen LogP contribution in [0, 0.1) is 0 Å². The molecule has 1 fully saturated rings. The second kappa shape index (κ2) is 4.37. The van der Waals surface area contributed by atoms with Crippen molar-refractivity contribution in [1.29, 1.82) is 0 Å². The van der Waals surface area contributed by atoms with Crippen LogP contribution in [0.3, 0.4) is 0 Å². The van der Waals surface area contributed by atoms with Crippen molar-refractivity contribution in [3.05, 3.63) is 18.6 Å². The minimum Gasteiger partial charge on any atom is -0.391 e. The van der Waals surface area contributed by atoms with E-state index in [0.29, 0.717) is 0 Å². The number of hydrogen-bond acceptors (Lipinski definition) is 4. The van der Waals surface area contributed by atoms with Crippen molar-refractivity contribution in [3.63, 3.8) is 0 Å². The van der Waals surface area contributed by atoms with Crippen LogP contribution in [0.25, 0.3) is 0 Å². The average Bonchev–Trinajstić information content (AvgIpc) is 2.23. The fourth-order valence-electron chi connectivity index (χ4n) is 1.85. The van der Waals surface area contributed by atoms with E-state index < -0.39 is 0 Å². The van der Waals surface area contributed by atoms with Gasteiger partial charge in [0.2, 0.25) is 0 Å². The number of rotatable bonds is 2. The molecule has 1 aromatic rings. The van der Waals surface area contributed by atoms with Gasteiger partial charge in [0.25, 0.3) is 0 Å². The molecule has 76 valence electrons. The van der Waals surface area contributed by atoms with Gasteiger partial charge in [0.15, 0.2) is 0 Å². The predicted molar refractivity (Wildman–Crippen MR) is 53.9 cm³/mol. The first-order chi connectivity index (χ1) is 6.86. The van der Waals surface area contributed by atoms with Gasteiger partial charge in [-0.15, -0.1) is 0 Å². The van der Waals surface area contributed by atoms with E-state index in [-0.39, 0.29) is 12.1 Å². The van der Waals surface area contributed by atoms with Gasteiger partial charge < -0.3 is 10.4 Å². The molecule has 0 saturated heterocycles. The van der Waals surface area contributed by atoms with E-state index in [4.69, 9.17) is 0 Å². The molecule has 2 N–H and O–H groups in total. The molecule has 1 aliphatic rings. The van der Waals surface area contributed by atoms with Crippen LogP contribution < -0.4 is 5.32 Å². The van der Waals surface area contributed by atoms with Gasteiger partial charge in [-0.05, 0) is 18.9 Å². The summed E-state index contributed by atoms with van der Waals surface area (Å²) in [4.78, 5) is 7.92. The van der Waals surface area contributed by atoms with E-state index >= 15 is 0 Å². The summed E-state index contributed by atoms with van der Waals surface area (Å²) >= 11 is 0. The van der Waals surface area contributed by atoms with Crippen LogP contribution in [-0.4, -0.2) is 27.2 Å². The van der Waals surface area contributed by atoms with Gasteiger partial charge >= 0.3 is 0 Å². The third-order valence-electron chi connectivity index (χ3n) is 2.64. The van der Waals surface area contributed by atoms with Gasteiger partial charge in [-0.25, -0.2) is 9.97 Å². The second-order valence-corrected chi connectivity index (χ2v) is 3.70. The van der Waals surface area contributed by atoms with Crippen molar-refractivity contribution in [3.8, 4) is 0 Å². The van der Waals surface area contributed by atoms with Crippen LogP contribution >= 0.6 is 0 Å². The highest BCUT2D eigenvalue weighted by Gasteiger charge is 2.22. The third kappa shape index (κ3) is 2.20. The highest BCUT2D eigenvalue weighted by molar-refractivity contribution is 5.33. The Balaban J connectivity index is 1.96. The molecule has 0 radical (unpaired) electrons. The molecule has 1 heterocycles. The Morgan fingerprint density at radius 1 is 1.36 bits per heavy atom. The zero-order chi connectivity index (χ0) is 9.80. The average molecular weight is 193 g/mol. The summed E-state index contributed by atoms with van der Waals surface area (Å²) in [5.74, 6) is 0.797. The molecule has 14 heavy (non-hydrogen) atoms. The number of aliphatic hydroxyl groups excluding tert-OH is 1. The second-order valence-electron chi connectivity index (χ2n) is 3.70. The lowest BCUT2D eigenvalue weighted by Crippen LogP contribution is -2.36. The van der Waals surface area contributed by atoms with Crippen molar-refractivity contribution in [2.75, 3.05) is 5.32 Å². The highest BCUT2D eigenvalue weighted by atomic mass is 16.3. The van der Waals surface area contributed by atoms with Crippen molar-refractivity contribution in [2.45, 2.75) is 37.8 Å². The van der Waals surface area contributed by atoms with Crippen LogP contribution in [0.4, 0.5) is 5.82 Å². The lowest BCUT2D eigenvalue weighted by atomic mass is 9.93. The van der Waals surface area contributed by atoms with Gasteiger partial charge in [0.1, 0.15) is 12.1 Å². The summed E-state index contributed by atoms with van der Waals surface area (Å²) in [6, 6.07) is 1.97. The van der Waals surface area contributed by atoms with Crippen LogP contribution in [0.2, 0.25) is 0 Å². The van der Waals surface area contributed by atoms with E-state index in [1.807, 2.05) is 6.07 Å². The predicted octanol–water partition coefficient (Wildman–Crippen LogP) is 1.19. The van der Waals surface area contributed by atoms with Gasteiger partial charge in [-0.1, -0.05) is 12.8 Å². The molecular weight excluding hydrogens is 178 g/mol. The molecule has 0 amide bonds. The maximum atomic E-state index is 9.72. The number of aliphatic hydroxyl groups is 1. The largest absolute Gasteiger partial charge is 0.391 e. The smallest absolute Gasteiger partial charge is 0.129 e. The Hall–Kier alpha value is -1.16. The Labute approximate surface area is 83.4 Å². The lowest BCUT2D eigenvalue weighted by Gasteiger charge is -2.28. The molecule has 4 heteroatoms. The Morgan fingerprint density at radius 2 is 2.21 bits per heavy atom. The van der Waals surface area contributed by atoms with Crippen molar-refractivity contribution >= 4 is 5.82 Å². The highest BCUT2D eigenvalue weighted by Crippen LogP contribution is 2.20. The fraction of sp³-hybridized carbons (Fsp3) is 0.600. The molecule has 1 aromatic heterocycles. The van der Waals surface area contributed by atoms with E-state index in [9.17, 15) is 5.11 Å². The van der Waals surface area contributed by atoms with Crippen molar-refractivity contribution in [1.82, 2.24) is 9.97 Å². The zero-order valence-corrected chi connectivity index (χ0v) is 8.06. The molecule has 1 aliphatic carbocycles. The first kappa shape index (κ1) is 9.40. The molecule has 2 unspecified atom stereocenters. The van der Waals surface area contributed by atoms with E-state index in [1.54, 1.807) is 6.20 Å². The lowest BCUT2D eigenvalue weighted by molar-refractivity contribution is 0.116. The van der Waals surface area contributed by atoms with E-state index in [2.05, 4.69) is 15.3 Å². The van der Waals surface area contributed by atoms with Gasteiger partial charge in [-0.2, -0.15) is 0 Å². The van der Waals surface area contributed by atoms with Crippen molar-refractivity contribution < 1.29 is 5.11 Å². The molecule has 4 nitrogen and oxygen atoms in total. The maximum Gasteiger partial charge on any atom is 0.129 e. The van der Waals surface area contributed by atoms with Crippen LogP contribution in [0.5, 0.6) is 0 Å². The minimum absolute atomic E-state index is 0.152. The first-order valence-electron chi connectivity index (χ1n) is 5.07. The Kier molecular flexibility index (Phi) is 2.93. The molecule has 0 spiro atoms. The van der Waals surface area contributed by atoms with E-state index in [0.717, 1.165) is 25.1 Å². The Bertz CT molecular complexity index is 278.